The Balaban J connectivity index is 0.827. The molecule has 0 saturated carbocycles. The third-order valence-corrected chi connectivity index (χ3v) is 16.6. The maximum Gasteiger partial charge on any atom is 0.198 e. The van der Waals surface area contributed by atoms with Gasteiger partial charge in [-0.1, -0.05) is 182 Å². The summed E-state index contributed by atoms with van der Waals surface area (Å²) in [6.07, 6.45) is 0. The number of hydrogen-bond donors (Lipinski definition) is 0. The summed E-state index contributed by atoms with van der Waals surface area (Å²) in [7, 11) is 0. The zero-order valence-corrected chi connectivity index (χ0v) is 44.2. The second-order valence-corrected chi connectivity index (χ2v) is 21.2. The van der Waals surface area contributed by atoms with Crippen LogP contribution in [0.2, 0.25) is 0 Å². The number of carbonyl (C=O) groups excluding carboxylic acids is 6. The predicted molar refractivity (Wildman–Crippen MR) is 317 cm³/mol. The third-order valence-electron chi connectivity index (χ3n) is 16.6. The number of carbonyl (C=O) groups is 6. The van der Waals surface area contributed by atoms with Crippen molar-refractivity contribution in [1.82, 2.24) is 0 Å². The Morgan fingerprint density at radius 3 is 0.747 bits per heavy atom. The molecule has 392 valence electrons. The molecule has 0 radical (unpaired) electrons. The molecule has 0 fully saturated rings. The first-order valence-electron chi connectivity index (χ1n) is 27.1. The maximum atomic E-state index is 14.3. The highest BCUT2D eigenvalue weighted by molar-refractivity contribution is 6.33. The molecule has 0 aromatic heterocycles. The van der Waals surface area contributed by atoms with Gasteiger partial charge in [0.05, 0.1) is 16.7 Å². The lowest BCUT2D eigenvalue weighted by Gasteiger charge is -2.32. The standard InChI is InChI=1S/C74H42O9/c1-74(44-26-32-47(33-27-44)81-71-50-17-5-2-14-41(50)38-59-62(71)68(78)56-23-11-8-20-53(56)65(59)75,45-28-34-48(35-29-45)82-72-51-18-6-3-15-42(51)39-60-63(72)69(79)57-24-12-9-21-54(57)66(60)76)46-30-36-49(37-31-46)83-73-52-19-7-4-16-43(52)40-61-64(73)70(80)58-25-13-10-22-55(58)67(61)77/h2-40H,1H3. The molecule has 12 aromatic carbocycles. The van der Waals surface area contributed by atoms with Gasteiger partial charge in [-0.15, -0.1) is 0 Å². The average molecular weight is 1080 g/mol. The van der Waals surface area contributed by atoms with Gasteiger partial charge in [-0.05, 0) is 94.4 Å². The SMILES string of the molecule is CC(c1ccc(Oc2c3c(cc4ccccc24)C(=O)c2ccccc2C3=O)cc1)(c1ccc(Oc2c3c(cc4ccccc24)C(=O)c2ccccc2C3=O)cc1)c1ccc(Oc2c3c(cc4ccccc24)C(=O)c2ccccc2C3=O)cc1. The molecule has 3 aliphatic carbocycles. The van der Waals surface area contributed by atoms with Gasteiger partial charge in [0.2, 0.25) is 0 Å². The zero-order chi connectivity index (χ0) is 56.3. The summed E-state index contributed by atoms with van der Waals surface area (Å²) in [5.74, 6) is 0.543. The van der Waals surface area contributed by atoms with Gasteiger partial charge in [-0.25, -0.2) is 0 Å². The number of ether oxygens (including phenoxy) is 3. The quantitative estimate of drug-likeness (QED) is 0.130. The Hall–Kier alpha value is -11.2. The Labute approximate surface area is 474 Å². The van der Waals surface area contributed by atoms with Crippen LogP contribution < -0.4 is 14.2 Å². The molecule has 0 saturated heterocycles. The lowest BCUT2D eigenvalue weighted by Crippen LogP contribution is -2.25. The van der Waals surface area contributed by atoms with Crippen LogP contribution in [0.15, 0.2) is 237 Å². The van der Waals surface area contributed by atoms with E-state index in [9.17, 15) is 28.8 Å². The van der Waals surface area contributed by atoms with Crippen molar-refractivity contribution in [3.05, 3.63) is 320 Å². The molecule has 12 aromatic rings. The normalized spacial score (nSPS) is 13.3. The van der Waals surface area contributed by atoms with Crippen LogP contribution in [-0.2, 0) is 5.41 Å². The van der Waals surface area contributed by atoms with Crippen LogP contribution in [0, 0.1) is 0 Å². The molecule has 0 bridgehead atoms. The summed E-state index contributed by atoms with van der Waals surface area (Å²) >= 11 is 0. The van der Waals surface area contributed by atoms with Gasteiger partial charge in [0.1, 0.15) is 34.5 Å². The summed E-state index contributed by atoms with van der Waals surface area (Å²) in [4.78, 5) is 85.1. The van der Waals surface area contributed by atoms with Gasteiger partial charge in [0, 0.05) is 71.6 Å². The van der Waals surface area contributed by atoms with Crippen LogP contribution in [0.3, 0.4) is 0 Å². The van der Waals surface area contributed by atoms with E-state index in [0.29, 0.717) is 66.8 Å². The summed E-state index contributed by atoms with van der Waals surface area (Å²) in [5.41, 5.74) is 5.13. The minimum Gasteiger partial charge on any atom is -0.456 e. The number of ketones is 6. The highest BCUT2D eigenvalue weighted by Crippen LogP contribution is 2.47. The van der Waals surface area contributed by atoms with Gasteiger partial charge in [0.25, 0.3) is 0 Å². The van der Waals surface area contributed by atoms with E-state index in [-0.39, 0.29) is 85.3 Å². The third kappa shape index (κ3) is 7.55. The number of hydrogen-bond acceptors (Lipinski definition) is 9. The Kier molecular flexibility index (Phi) is 11.0. The van der Waals surface area contributed by atoms with Crippen LogP contribution in [0.4, 0.5) is 0 Å². The molecule has 9 heteroatoms. The van der Waals surface area contributed by atoms with E-state index in [4.69, 9.17) is 14.2 Å². The summed E-state index contributed by atoms with van der Waals surface area (Å²) in [6, 6.07) is 71.3. The van der Waals surface area contributed by atoms with Gasteiger partial charge < -0.3 is 14.2 Å². The first-order chi connectivity index (χ1) is 40.5. The van der Waals surface area contributed by atoms with Gasteiger partial charge in [-0.3, -0.25) is 28.8 Å². The van der Waals surface area contributed by atoms with Gasteiger partial charge in [0.15, 0.2) is 34.7 Å². The first-order valence-corrected chi connectivity index (χ1v) is 27.1. The fraction of sp³-hybridized carbons (Fsp3) is 0.0270. The van der Waals surface area contributed by atoms with Crippen molar-refractivity contribution in [2.75, 3.05) is 0 Å². The number of benzene rings is 12. The Bertz CT molecular complexity index is 4390. The largest absolute Gasteiger partial charge is 0.456 e. The van der Waals surface area contributed by atoms with E-state index in [1.807, 2.05) is 146 Å². The molecule has 3 aliphatic rings. The minimum absolute atomic E-state index is 0.209. The average Bonchev–Trinajstić information content (AvgIpc) is 3.54. The highest BCUT2D eigenvalue weighted by atomic mass is 16.5. The molecule has 0 N–H and O–H groups in total. The van der Waals surface area contributed by atoms with Crippen LogP contribution in [-0.4, -0.2) is 34.7 Å². The molecule has 0 unspecified atom stereocenters. The van der Waals surface area contributed by atoms with Crippen molar-refractivity contribution < 1.29 is 43.0 Å². The lowest BCUT2D eigenvalue weighted by atomic mass is 9.71. The van der Waals surface area contributed by atoms with Crippen molar-refractivity contribution in [1.29, 1.82) is 0 Å². The topological polar surface area (TPSA) is 130 Å². The van der Waals surface area contributed by atoms with Gasteiger partial charge >= 0.3 is 0 Å². The second-order valence-electron chi connectivity index (χ2n) is 21.2. The molecular weight excluding hydrogens is 1030 g/mol. The van der Waals surface area contributed by atoms with E-state index in [1.165, 1.54) is 0 Å². The van der Waals surface area contributed by atoms with Crippen LogP contribution in [0.5, 0.6) is 34.5 Å². The van der Waals surface area contributed by atoms with E-state index < -0.39 is 5.41 Å². The van der Waals surface area contributed by atoms with Crippen LogP contribution in [0.1, 0.15) is 119 Å². The Morgan fingerprint density at radius 2 is 0.482 bits per heavy atom. The molecule has 0 spiro atoms. The molecule has 0 heterocycles. The molecule has 0 amide bonds. The van der Waals surface area contributed by atoms with Gasteiger partial charge in [-0.2, -0.15) is 0 Å². The first kappa shape index (κ1) is 48.9. The summed E-state index contributed by atoms with van der Waals surface area (Å²) < 4.78 is 20.3. The van der Waals surface area contributed by atoms with Crippen molar-refractivity contribution in [2.45, 2.75) is 12.3 Å². The lowest BCUT2D eigenvalue weighted by molar-refractivity contribution is 0.0977. The molecule has 0 atom stereocenters. The predicted octanol–water partition coefficient (Wildman–Crippen LogP) is 16.2. The molecular formula is C74H42O9. The fourth-order valence-corrected chi connectivity index (χ4v) is 12.4. The Morgan fingerprint density at radius 1 is 0.253 bits per heavy atom. The fourth-order valence-electron chi connectivity index (χ4n) is 12.4. The van der Waals surface area contributed by atoms with Crippen molar-refractivity contribution in [3.63, 3.8) is 0 Å². The van der Waals surface area contributed by atoms with Crippen LogP contribution >= 0.6 is 0 Å². The number of fused-ring (bicyclic) bond motifs is 9. The molecule has 9 nitrogen and oxygen atoms in total. The molecule has 83 heavy (non-hydrogen) atoms. The van der Waals surface area contributed by atoms with Crippen molar-refractivity contribution in [2.24, 2.45) is 0 Å². The van der Waals surface area contributed by atoms with Crippen molar-refractivity contribution in [3.8, 4) is 34.5 Å². The van der Waals surface area contributed by atoms with E-state index in [1.54, 1.807) is 91.0 Å². The zero-order valence-electron chi connectivity index (χ0n) is 44.2. The molecule has 0 aliphatic heterocycles. The highest BCUT2D eigenvalue weighted by Gasteiger charge is 2.38. The minimum atomic E-state index is -0.907. The monoisotopic (exact) mass is 1070 g/mol. The molecule has 15 rings (SSSR count). The van der Waals surface area contributed by atoms with E-state index >= 15 is 0 Å². The van der Waals surface area contributed by atoms with E-state index in [2.05, 4.69) is 6.92 Å². The second kappa shape index (κ2) is 18.7. The summed E-state index contributed by atoms with van der Waals surface area (Å²) in [5, 5.41) is 4.30. The van der Waals surface area contributed by atoms with Crippen LogP contribution in [0.25, 0.3) is 32.3 Å². The van der Waals surface area contributed by atoms with E-state index in [0.717, 1.165) is 32.8 Å². The number of rotatable bonds is 9. The smallest absolute Gasteiger partial charge is 0.198 e. The maximum absolute atomic E-state index is 14.3. The van der Waals surface area contributed by atoms with Crippen molar-refractivity contribution >= 4 is 67.0 Å². The summed E-state index contributed by atoms with van der Waals surface area (Å²) in [6.45, 7) is 2.10.